The summed E-state index contributed by atoms with van der Waals surface area (Å²) in [6.45, 7) is 6.91. The Balaban J connectivity index is 2.01. The van der Waals surface area contributed by atoms with Gasteiger partial charge in [0.1, 0.15) is 5.60 Å². The Morgan fingerprint density at radius 3 is 2.21 bits per heavy atom. The summed E-state index contributed by atoms with van der Waals surface area (Å²) in [5, 5.41) is 0.480. The second kappa shape index (κ2) is 10.5. The summed E-state index contributed by atoms with van der Waals surface area (Å²) < 4.78 is 46.3. The van der Waals surface area contributed by atoms with Crippen LogP contribution < -0.4 is 4.90 Å². The van der Waals surface area contributed by atoms with E-state index in [-0.39, 0.29) is 18.2 Å². The lowest BCUT2D eigenvalue weighted by molar-refractivity contribution is -0.123. The Bertz CT molecular complexity index is 1390. The molecule has 3 aromatic rings. The number of halogens is 4. The lowest BCUT2D eigenvalue weighted by Crippen LogP contribution is -2.49. The number of benzene rings is 3. The van der Waals surface area contributed by atoms with Crippen molar-refractivity contribution in [2.45, 2.75) is 57.2 Å². The number of carbonyl (C=O) groups is 2. The summed E-state index contributed by atoms with van der Waals surface area (Å²) in [6, 6.07) is 20.5. The number of carbonyl (C=O) groups excluding carboxylic acids is 2. The van der Waals surface area contributed by atoms with Crippen molar-refractivity contribution < 1.29 is 27.5 Å². The first kappa shape index (κ1) is 28.4. The van der Waals surface area contributed by atoms with Crippen molar-refractivity contribution in [3.05, 3.63) is 112 Å². The molecule has 0 saturated carbocycles. The number of amides is 2. The van der Waals surface area contributed by atoms with E-state index in [4.69, 9.17) is 16.3 Å². The molecule has 8 heteroatoms. The van der Waals surface area contributed by atoms with Crippen molar-refractivity contribution >= 4 is 29.3 Å². The van der Waals surface area contributed by atoms with Crippen molar-refractivity contribution in [2.24, 2.45) is 0 Å². The minimum atomic E-state index is -4.61. The Hall–Kier alpha value is -3.58. The zero-order valence-corrected chi connectivity index (χ0v) is 22.8. The van der Waals surface area contributed by atoms with Gasteiger partial charge in [0.2, 0.25) is 5.91 Å². The molecule has 0 aromatic heterocycles. The van der Waals surface area contributed by atoms with Crippen LogP contribution in [0.3, 0.4) is 0 Å². The Kier molecular flexibility index (Phi) is 7.68. The zero-order valence-electron chi connectivity index (χ0n) is 22.1. The average molecular weight is 556 g/mol. The van der Waals surface area contributed by atoms with Crippen LogP contribution in [-0.2, 0) is 21.4 Å². The van der Waals surface area contributed by atoms with Gasteiger partial charge < -0.3 is 4.74 Å². The van der Waals surface area contributed by atoms with Gasteiger partial charge in [-0.05, 0) is 69.0 Å². The molecule has 1 aliphatic rings. The minimum Gasteiger partial charge on any atom is -0.443 e. The molecular weight excluding hydrogens is 527 g/mol. The first-order chi connectivity index (χ1) is 18.2. The molecule has 0 bridgehead atoms. The van der Waals surface area contributed by atoms with Gasteiger partial charge in [0, 0.05) is 17.0 Å². The van der Waals surface area contributed by atoms with Gasteiger partial charge in [0.15, 0.2) is 0 Å². The fraction of sp³-hybridized carbons (Fsp3) is 0.290. The molecule has 4 nitrogen and oxygen atoms in total. The molecule has 1 heterocycles. The Labute approximate surface area is 231 Å². The standard InChI is InChI=1S/C31H29ClF3NO3/c1-20-9-13-22(14-10-20)24(17-18-31(33,34)35)30(19-21-11-15-23(32)16-12-21)25-7-5-6-8-26(25)36(27(30)37)28(38)39-29(2,3)4/h5-18,24H,19H2,1-4H3/b18-17+. The molecule has 0 spiro atoms. The maximum Gasteiger partial charge on any atom is 0.421 e. The van der Waals surface area contributed by atoms with E-state index >= 15 is 0 Å². The van der Waals surface area contributed by atoms with E-state index in [0.717, 1.165) is 16.5 Å². The van der Waals surface area contributed by atoms with Crippen LogP contribution in [0.25, 0.3) is 0 Å². The lowest BCUT2D eigenvalue weighted by Gasteiger charge is -2.36. The number of aryl methyl sites for hydroxylation is 1. The number of rotatable bonds is 5. The summed E-state index contributed by atoms with van der Waals surface area (Å²) in [4.78, 5) is 28.9. The highest BCUT2D eigenvalue weighted by Gasteiger charge is 2.57. The normalized spacial score (nSPS) is 18.4. The fourth-order valence-corrected chi connectivity index (χ4v) is 5.13. The number of hydrogen-bond acceptors (Lipinski definition) is 3. The van der Waals surface area contributed by atoms with Gasteiger partial charge in [-0.25, -0.2) is 9.69 Å². The molecule has 3 aromatic carbocycles. The van der Waals surface area contributed by atoms with Crippen molar-refractivity contribution in [3.63, 3.8) is 0 Å². The van der Waals surface area contributed by atoms with Crippen molar-refractivity contribution in [1.82, 2.24) is 0 Å². The van der Waals surface area contributed by atoms with E-state index in [2.05, 4.69) is 0 Å². The largest absolute Gasteiger partial charge is 0.443 e. The number of nitrogens with zero attached hydrogens (tertiary/aromatic N) is 1. The first-order valence-corrected chi connectivity index (χ1v) is 12.8. The van der Waals surface area contributed by atoms with Crippen LogP contribution in [-0.4, -0.2) is 23.8 Å². The highest BCUT2D eigenvalue weighted by molar-refractivity contribution is 6.30. The predicted octanol–water partition coefficient (Wildman–Crippen LogP) is 8.31. The second-order valence-corrected chi connectivity index (χ2v) is 11.1. The Morgan fingerprint density at radius 2 is 1.62 bits per heavy atom. The maximum absolute atomic E-state index is 14.6. The third-order valence-corrected chi connectivity index (χ3v) is 6.88. The molecule has 39 heavy (non-hydrogen) atoms. The summed E-state index contributed by atoms with van der Waals surface area (Å²) in [6.07, 6.45) is -4.31. The van der Waals surface area contributed by atoms with Crippen LogP contribution in [0.1, 0.15) is 48.9 Å². The molecule has 4 rings (SSSR count). The van der Waals surface area contributed by atoms with Gasteiger partial charge in [-0.15, -0.1) is 0 Å². The fourth-order valence-electron chi connectivity index (χ4n) is 5.00. The summed E-state index contributed by atoms with van der Waals surface area (Å²) in [5.74, 6) is -1.73. The van der Waals surface area contributed by atoms with Crippen LogP contribution in [0.5, 0.6) is 0 Å². The lowest BCUT2D eigenvalue weighted by atomic mass is 9.64. The molecule has 2 amide bonds. The molecule has 0 aliphatic carbocycles. The van der Waals surface area contributed by atoms with Gasteiger partial charge in [-0.1, -0.05) is 77.8 Å². The minimum absolute atomic E-state index is 0.0139. The predicted molar refractivity (Wildman–Crippen MR) is 146 cm³/mol. The van der Waals surface area contributed by atoms with Crippen LogP contribution in [0.4, 0.5) is 23.7 Å². The van der Waals surface area contributed by atoms with E-state index in [0.29, 0.717) is 21.7 Å². The second-order valence-electron chi connectivity index (χ2n) is 10.7. The van der Waals surface area contributed by atoms with E-state index in [1.807, 2.05) is 6.92 Å². The number of imide groups is 1. The number of fused-ring (bicyclic) bond motifs is 1. The smallest absolute Gasteiger partial charge is 0.421 e. The highest BCUT2D eigenvalue weighted by atomic mass is 35.5. The molecule has 204 valence electrons. The summed E-state index contributed by atoms with van der Waals surface area (Å²) >= 11 is 6.10. The molecule has 2 atom stereocenters. The molecule has 2 unspecified atom stereocenters. The maximum atomic E-state index is 14.6. The molecule has 0 saturated heterocycles. The highest BCUT2D eigenvalue weighted by Crippen LogP contribution is 2.53. The van der Waals surface area contributed by atoms with Gasteiger partial charge in [-0.3, -0.25) is 4.79 Å². The molecule has 0 radical (unpaired) electrons. The molecular formula is C31H29ClF3NO3. The number of alkyl halides is 3. The number of anilines is 1. The topological polar surface area (TPSA) is 46.6 Å². The molecule has 0 fully saturated rings. The van der Waals surface area contributed by atoms with Gasteiger partial charge >= 0.3 is 12.3 Å². The van der Waals surface area contributed by atoms with Crippen molar-refractivity contribution in [1.29, 1.82) is 0 Å². The van der Waals surface area contributed by atoms with Gasteiger partial charge in [-0.2, -0.15) is 13.2 Å². The number of hydrogen-bond donors (Lipinski definition) is 0. The van der Waals surface area contributed by atoms with Crippen molar-refractivity contribution in [3.8, 4) is 0 Å². The van der Waals surface area contributed by atoms with Gasteiger partial charge in [0.25, 0.3) is 0 Å². The van der Waals surface area contributed by atoms with E-state index in [9.17, 15) is 22.8 Å². The Morgan fingerprint density at radius 1 is 1.00 bits per heavy atom. The number of para-hydroxylation sites is 1. The third kappa shape index (κ3) is 6.04. The van der Waals surface area contributed by atoms with Crippen LogP contribution in [0.2, 0.25) is 5.02 Å². The summed E-state index contributed by atoms with van der Waals surface area (Å²) in [7, 11) is 0. The summed E-state index contributed by atoms with van der Waals surface area (Å²) in [5.41, 5.74) is 0.308. The third-order valence-electron chi connectivity index (χ3n) is 6.63. The van der Waals surface area contributed by atoms with Crippen LogP contribution in [0.15, 0.2) is 84.9 Å². The van der Waals surface area contributed by atoms with Crippen LogP contribution >= 0.6 is 11.6 Å². The van der Waals surface area contributed by atoms with E-state index in [1.165, 1.54) is 0 Å². The SMILES string of the molecule is Cc1ccc(C(/C=C/C(F)(F)F)C2(Cc3ccc(Cl)cc3)C(=O)N(C(=O)OC(C)(C)C)c3ccccc32)cc1. The molecule has 0 N–H and O–H groups in total. The number of ether oxygens (including phenoxy) is 1. The number of allylic oxidation sites excluding steroid dienone is 2. The van der Waals surface area contributed by atoms with E-state index in [1.54, 1.807) is 93.6 Å². The average Bonchev–Trinajstić information content (AvgIpc) is 3.08. The van der Waals surface area contributed by atoms with E-state index < -0.39 is 35.1 Å². The van der Waals surface area contributed by atoms with Crippen molar-refractivity contribution in [2.75, 3.05) is 4.90 Å². The zero-order chi connectivity index (χ0) is 28.6. The van der Waals surface area contributed by atoms with Crippen LogP contribution in [0, 0.1) is 6.92 Å². The monoisotopic (exact) mass is 555 g/mol. The van der Waals surface area contributed by atoms with Gasteiger partial charge in [0.05, 0.1) is 11.1 Å². The quantitative estimate of drug-likeness (QED) is 0.297. The molecule has 1 aliphatic heterocycles. The first-order valence-electron chi connectivity index (χ1n) is 12.5.